The number of nitrogens with zero attached hydrogens (tertiary/aromatic N) is 4. The van der Waals surface area contributed by atoms with Gasteiger partial charge < -0.3 is 5.32 Å². The van der Waals surface area contributed by atoms with Gasteiger partial charge in [0.05, 0.1) is 10.6 Å². The summed E-state index contributed by atoms with van der Waals surface area (Å²) in [4.78, 5) is 16.3. The van der Waals surface area contributed by atoms with E-state index in [9.17, 15) is 39.9 Å². The second kappa shape index (κ2) is 8.40. The molecule has 0 radical (unpaired) electrons. The molecule has 1 aliphatic carbocycles. The number of aromatic nitrogens is 4. The number of amides is 1. The van der Waals surface area contributed by atoms with E-state index in [1.54, 1.807) is 0 Å². The molecular formula is C19H12ClF8N5OS. The van der Waals surface area contributed by atoms with Crippen molar-refractivity contribution in [3.05, 3.63) is 40.0 Å². The number of benzene rings is 1. The van der Waals surface area contributed by atoms with Crippen LogP contribution in [0.15, 0.2) is 18.2 Å². The lowest BCUT2D eigenvalue weighted by atomic mass is 10.1. The van der Waals surface area contributed by atoms with E-state index in [1.165, 1.54) is 18.2 Å². The summed E-state index contributed by atoms with van der Waals surface area (Å²) in [5.41, 5.74) is -5.66. The van der Waals surface area contributed by atoms with Crippen molar-refractivity contribution in [2.24, 2.45) is 7.05 Å². The lowest BCUT2D eigenvalue weighted by molar-refractivity contribution is -0.292. The van der Waals surface area contributed by atoms with Gasteiger partial charge in [-0.1, -0.05) is 11.6 Å². The molecule has 0 unspecified atom stereocenters. The van der Waals surface area contributed by atoms with Crippen molar-refractivity contribution < 1.29 is 39.9 Å². The van der Waals surface area contributed by atoms with Gasteiger partial charge in [0.2, 0.25) is 0 Å². The molecule has 4 rings (SSSR count). The summed E-state index contributed by atoms with van der Waals surface area (Å²) in [7, 11) is 0.782. The van der Waals surface area contributed by atoms with Crippen molar-refractivity contribution in [1.82, 2.24) is 24.5 Å². The maximum atomic E-state index is 13.9. The number of carbonyl (C=O) groups is 1. The standard InChI is InChI=1S/C19H12ClF8N5OS/c1-33-12(11(18(23,24)25)13(31-33)17(21,22)19(26,27)28)16-30-14(32-35-16)7-2-5-10(20)9(6-7)15(34)29-8-3-4-8/h2,5-6,8H,3-4H2,1H3,(H,29,34). The Morgan fingerprint density at radius 3 is 2.37 bits per heavy atom. The predicted octanol–water partition coefficient (Wildman–Crippen LogP) is 5.82. The summed E-state index contributed by atoms with van der Waals surface area (Å²) in [6.45, 7) is 0. The van der Waals surface area contributed by atoms with E-state index in [4.69, 9.17) is 11.6 Å². The summed E-state index contributed by atoms with van der Waals surface area (Å²) < 4.78 is 112. The van der Waals surface area contributed by atoms with E-state index < -0.39 is 46.1 Å². The van der Waals surface area contributed by atoms with Crippen molar-refractivity contribution in [1.29, 1.82) is 0 Å². The lowest BCUT2D eigenvalue weighted by Gasteiger charge is -2.19. The molecule has 3 aromatic rings. The van der Waals surface area contributed by atoms with E-state index >= 15 is 0 Å². The largest absolute Gasteiger partial charge is 0.459 e. The van der Waals surface area contributed by atoms with Gasteiger partial charge in [0.15, 0.2) is 16.5 Å². The molecule has 16 heteroatoms. The van der Waals surface area contributed by atoms with Crippen LogP contribution in [0, 0.1) is 0 Å². The molecule has 188 valence electrons. The number of rotatable bonds is 5. The monoisotopic (exact) mass is 545 g/mol. The molecule has 1 amide bonds. The van der Waals surface area contributed by atoms with Crippen LogP contribution in [0.25, 0.3) is 22.1 Å². The predicted molar refractivity (Wildman–Crippen MR) is 108 cm³/mol. The lowest BCUT2D eigenvalue weighted by Crippen LogP contribution is -2.36. The summed E-state index contributed by atoms with van der Waals surface area (Å²) in [6.07, 6.45) is -10.3. The highest BCUT2D eigenvalue weighted by Gasteiger charge is 2.64. The van der Waals surface area contributed by atoms with Gasteiger partial charge >= 0.3 is 18.3 Å². The first-order chi connectivity index (χ1) is 16.1. The van der Waals surface area contributed by atoms with E-state index in [0.29, 0.717) is 11.5 Å². The van der Waals surface area contributed by atoms with E-state index in [-0.39, 0.29) is 32.7 Å². The normalized spacial score (nSPS) is 14.9. The van der Waals surface area contributed by atoms with Crippen molar-refractivity contribution in [3.63, 3.8) is 0 Å². The first kappa shape index (κ1) is 25.3. The molecular weight excluding hydrogens is 534 g/mol. The zero-order valence-electron chi connectivity index (χ0n) is 17.2. The molecule has 0 aliphatic heterocycles. The van der Waals surface area contributed by atoms with Gasteiger partial charge in [0.25, 0.3) is 5.91 Å². The Labute approximate surface area is 200 Å². The van der Waals surface area contributed by atoms with Gasteiger partial charge in [-0.05, 0) is 42.6 Å². The highest BCUT2D eigenvalue weighted by atomic mass is 35.5. The first-order valence-corrected chi connectivity index (χ1v) is 10.8. The molecule has 0 atom stereocenters. The quantitative estimate of drug-likeness (QED) is 0.410. The maximum absolute atomic E-state index is 13.9. The van der Waals surface area contributed by atoms with Crippen molar-refractivity contribution >= 4 is 29.0 Å². The maximum Gasteiger partial charge on any atom is 0.459 e. The number of halogens is 9. The van der Waals surface area contributed by atoms with Crippen LogP contribution in [-0.2, 0) is 19.1 Å². The van der Waals surface area contributed by atoms with Crippen LogP contribution < -0.4 is 5.32 Å². The summed E-state index contributed by atoms with van der Waals surface area (Å²) in [5, 5.41) is 5.06. The number of carbonyl (C=O) groups excluding carboxylic acids is 1. The fourth-order valence-corrected chi connectivity index (χ4v) is 4.13. The summed E-state index contributed by atoms with van der Waals surface area (Å²) in [5.74, 6) is -6.55. The average Bonchev–Trinajstić information content (AvgIpc) is 3.27. The minimum absolute atomic E-state index is 0.0147. The third kappa shape index (κ3) is 4.70. The number of hydrogen-bond acceptors (Lipinski definition) is 5. The fraction of sp³-hybridized carbons (Fsp3) is 0.368. The average molecular weight is 546 g/mol. The Morgan fingerprint density at radius 2 is 1.80 bits per heavy atom. The zero-order chi connectivity index (χ0) is 25.9. The summed E-state index contributed by atoms with van der Waals surface area (Å²) >= 11 is 6.39. The van der Waals surface area contributed by atoms with E-state index in [1.807, 2.05) is 0 Å². The molecule has 1 aromatic carbocycles. The van der Waals surface area contributed by atoms with Crippen molar-refractivity contribution in [2.45, 2.75) is 37.2 Å². The topological polar surface area (TPSA) is 72.7 Å². The van der Waals surface area contributed by atoms with Crippen LogP contribution >= 0.6 is 23.1 Å². The minimum atomic E-state index is -6.31. The molecule has 0 bridgehead atoms. The Morgan fingerprint density at radius 1 is 1.14 bits per heavy atom. The fourth-order valence-electron chi connectivity index (χ4n) is 3.16. The second-order valence-electron chi connectivity index (χ2n) is 7.63. The number of alkyl halides is 8. The van der Waals surface area contributed by atoms with Crippen LogP contribution in [0.5, 0.6) is 0 Å². The Balaban J connectivity index is 1.79. The zero-order valence-corrected chi connectivity index (χ0v) is 18.8. The highest BCUT2D eigenvalue weighted by molar-refractivity contribution is 7.09. The SMILES string of the molecule is Cn1nc(C(F)(F)C(F)(F)F)c(C(F)(F)F)c1-c1nc(-c2ccc(Cl)c(C(=O)NC3CC3)c2)ns1. The number of nitrogens with one attached hydrogen (secondary N) is 1. The second-order valence-corrected chi connectivity index (χ2v) is 8.79. The molecule has 1 saturated carbocycles. The molecule has 1 N–H and O–H groups in total. The van der Waals surface area contributed by atoms with Gasteiger partial charge in [-0.2, -0.15) is 44.6 Å². The smallest absolute Gasteiger partial charge is 0.349 e. The molecule has 6 nitrogen and oxygen atoms in total. The van der Waals surface area contributed by atoms with Crippen LogP contribution in [0.3, 0.4) is 0 Å². The molecule has 2 heterocycles. The molecule has 0 saturated heterocycles. The third-order valence-corrected chi connectivity index (χ3v) is 6.05. The van der Waals surface area contributed by atoms with E-state index in [0.717, 1.165) is 19.9 Å². The van der Waals surface area contributed by atoms with Crippen LogP contribution in [0.2, 0.25) is 5.02 Å². The number of aryl methyl sites for hydroxylation is 1. The van der Waals surface area contributed by atoms with Gasteiger partial charge in [0, 0.05) is 18.7 Å². The number of hydrogen-bond donors (Lipinski definition) is 1. The highest BCUT2D eigenvalue weighted by Crippen LogP contribution is 2.50. The molecule has 1 fully saturated rings. The van der Waals surface area contributed by atoms with Gasteiger partial charge in [-0.25, -0.2) is 4.98 Å². The first-order valence-electron chi connectivity index (χ1n) is 9.65. The van der Waals surface area contributed by atoms with Crippen LogP contribution in [0.4, 0.5) is 35.1 Å². The molecule has 2 aromatic heterocycles. The van der Waals surface area contributed by atoms with Crippen molar-refractivity contribution in [2.75, 3.05) is 0 Å². The Kier molecular flexibility index (Phi) is 6.07. The Bertz CT molecular complexity index is 1300. The Hall–Kier alpha value is -2.81. The van der Waals surface area contributed by atoms with Crippen LogP contribution in [0.1, 0.15) is 34.5 Å². The molecule has 1 aliphatic rings. The summed E-state index contributed by atoms with van der Waals surface area (Å²) in [6, 6.07) is 4.02. The van der Waals surface area contributed by atoms with Gasteiger partial charge in [-0.15, -0.1) is 0 Å². The molecule has 0 spiro atoms. The minimum Gasteiger partial charge on any atom is -0.349 e. The van der Waals surface area contributed by atoms with Crippen molar-refractivity contribution in [3.8, 4) is 22.1 Å². The van der Waals surface area contributed by atoms with E-state index in [2.05, 4.69) is 19.8 Å². The van der Waals surface area contributed by atoms with Crippen LogP contribution in [-0.4, -0.2) is 37.3 Å². The van der Waals surface area contributed by atoms with Gasteiger partial charge in [-0.3, -0.25) is 9.48 Å². The molecule has 35 heavy (non-hydrogen) atoms. The third-order valence-electron chi connectivity index (χ3n) is 4.99. The van der Waals surface area contributed by atoms with Gasteiger partial charge in [0.1, 0.15) is 11.3 Å².